The third-order valence-electron chi connectivity index (χ3n) is 2.65. The molecule has 3 nitrogen and oxygen atoms in total. The fourth-order valence-electron chi connectivity index (χ4n) is 1.55. The smallest absolute Gasteiger partial charge is 0.317 e. The molecule has 5 heteroatoms. The summed E-state index contributed by atoms with van der Waals surface area (Å²) in [6.45, 7) is 6.06. The summed E-state index contributed by atoms with van der Waals surface area (Å²) in [5.41, 5.74) is 0.407. The van der Waals surface area contributed by atoms with Crippen LogP contribution in [0.5, 0.6) is 0 Å². The van der Waals surface area contributed by atoms with Gasteiger partial charge in [0.15, 0.2) is 0 Å². The van der Waals surface area contributed by atoms with Crippen LogP contribution in [0.4, 0.5) is 4.39 Å². The largest absolute Gasteiger partial charge is 0.480 e. The Hall–Kier alpha value is -1.13. The first kappa shape index (κ1) is 14.9. The summed E-state index contributed by atoms with van der Waals surface area (Å²) in [7, 11) is 0. The van der Waals surface area contributed by atoms with E-state index in [0.717, 1.165) is 0 Å². The second-order valence-corrected chi connectivity index (χ2v) is 5.56. The lowest BCUT2D eigenvalue weighted by Gasteiger charge is -2.34. The molecule has 100 valence electrons. The maximum absolute atomic E-state index is 12.9. The highest BCUT2D eigenvalue weighted by Crippen LogP contribution is 2.23. The highest BCUT2D eigenvalue weighted by molar-refractivity contribution is 6.31. The average molecular weight is 274 g/mol. The van der Waals surface area contributed by atoms with Gasteiger partial charge in [0.1, 0.15) is 5.82 Å². The monoisotopic (exact) mass is 273 g/mol. The molecule has 0 fully saturated rings. The molecule has 0 radical (unpaired) electrons. The molecule has 18 heavy (non-hydrogen) atoms. The molecule has 0 unspecified atom stereocenters. The number of halogens is 2. The standard InChI is InChI=1S/C13H17ClFNO2/c1-13(2,3)16(8-12(17)18)7-9-4-5-10(15)6-11(9)14/h4-6H,7-8H2,1-3H3,(H,17,18). The van der Waals surface area contributed by atoms with Crippen LogP contribution >= 0.6 is 11.6 Å². The Balaban J connectivity index is 2.92. The van der Waals surface area contributed by atoms with Crippen LogP contribution in [-0.2, 0) is 11.3 Å². The molecule has 0 saturated carbocycles. The van der Waals surface area contributed by atoms with Crippen molar-refractivity contribution in [1.29, 1.82) is 0 Å². The molecular weight excluding hydrogens is 257 g/mol. The van der Waals surface area contributed by atoms with Gasteiger partial charge in [-0.15, -0.1) is 0 Å². The molecule has 0 spiro atoms. The predicted molar refractivity (Wildman–Crippen MR) is 69.2 cm³/mol. The number of carbonyl (C=O) groups is 1. The first-order valence-electron chi connectivity index (χ1n) is 5.61. The lowest BCUT2D eigenvalue weighted by atomic mass is 10.0. The molecule has 0 aliphatic heterocycles. The van der Waals surface area contributed by atoms with E-state index in [0.29, 0.717) is 17.1 Å². The van der Waals surface area contributed by atoms with Crippen molar-refractivity contribution in [3.05, 3.63) is 34.6 Å². The van der Waals surface area contributed by atoms with Gasteiger partial charge in [0, 0.05) is 17.1 Å². The Bertz CT molecular complexity index is 443. The molecule has 0 saturated heterocycles. The van der Waals surface area contributed by atoms with E-state index in [2.05, 4.69) is 0 Å². The zero-order valence-electron chi connectivity index (χ0n) is 10.7. The Labute approximate surface area is 111 Å². The Kier molecular flexibility index (Phi) is 4.71. The van der Waals surface area contributed by atoms with Gasteiger partial charge in [-0.05, 0) is 38.5 Å². The Morgan fingerprint density at radius 3 is 2.50 bits per heavy atom. The highest BCUT2D eigenvalue weighted by Gasteiger charge is 2.24. The van der Waals surface area contributed by atoms with Gasteiger partial charge in [0.2, 0.25) is 0 Å². The number of hydrogen-bond acceptors (Lipinski definition) is 2. The zero-order chi connectivity index (χ0) is 13.9. The quantitative estimate of drug-likeness (QED) is 0.916. The molecule has 1 N–H and O–H groups in total. The number of rotatable bonds is 4. The third-order valence-corrected chi connectivity index (χ3v) is 3.00. The topological polar surface area (TPSA) is 40.5 Å². The van der Waals surface area contributed by atoms with E-state index >= 15 is 0 Å². The molecule has 0 atom stereocenters. The summed E-state index contributed by atoms with van der Waals surface area (Å²) in [4.78, 5) is 12.6. The van der Waals surface area contributed by atoms with E-state index in [-0.39, 0.29) is 12.1 Å². The second kappa shape index (κ2) is 5.67. The first-order valence-corrected chi connectivity index (χ1v) is 5.98. The lowest BCUT2D eigenvalue weighted by molar-refractivity contribution is -0.139. The van der Waals surface area contributed by atoms with E-state index in [1.165, 1.54) is 12.1 Å². The van der Waals surface area contributed by atoms with E-state index in [1.807, 2.05) is 20.8 Å². The molecule has 1 rings (SSSR count). The van der Waals surface area contributed by atoms with Gasteiger partial charge in [-0.2, -0.15) is 0 Å². The third kappa shape index (κ3) is 4.27. The van der Waals surface area contributed by atoms with Crippen LogP contribution in [0.15, 0.2) is 18.2 Å². The molecule has 1 aromatic carbocycles. The van der Waals surface area contributed by atoms with Gasteiger partial charge in [0.25, 0.3) is 0 Å². The van der Waals surface area contributed by atoms with E-state index < -0.39 is 11.8 Å². The van der Waals surface area contributed by atoms with Gasteiger partial charge in [-0.3, -0.25) is 9.69 Å². The van der Waals surface area contributed by atoms with Crippen molar-refractivity contribution in [3.63, 3.8) is 0 Å². The summed E-state index contributed by atoms with van der Waals surface area (Å²) < 4.78 is 12.9. The molecule has 1 aromatic rings. The zero-order valence-corrected chi connectivity index (χ0v) is 11.5. The van der Waals surface area contributed by atoms with Crippen LogP contribution in [0.2, 0.25) is 5.02 Å². The SMILES string of the molecule is CC(C)(C)N(CC(=O)O)Cc1ccc(F)cc1Cl. The van der Waals surface area contributed by atoms with Crippen LogP contribution in [-0.4, -0.2) is 28.1 Å². The van der Waals surface area contributed by atoms with Crippen LogP contribution in [0.25, 0.3) is 0 Å². The van der Waals surface area contributed by atoms with Gasteiger partial charge in [-0.25, -0.2) is 4.39 Å². The predicted octanol–water partition coefficient (Wildman–Crippen LogP) is 3.16. The Morgan fingerprint density at radius 1 is 1.44 bits per heavy atom. The summed E-state index contributed by atoms with van der Waals surface area (Å²) in [6, 6.07) is 4.14. The van der Waals surface area contributed by atoms with E-state index in [1.54, 1.807) is 11.0 Å². The summed E-state index contributed by atoms with van der Waals surface area (Å²) in [5.74, 6) is -1.30. The molecule has 0 heterocycles. The molecule has 0 bridgehead atoms. The summed E-state index contributed by atoms with van der Waals surface area (Å²) in [6.07, 6.45) is 0. The van der Waals surface area contributed by atoms with E-state index in [9.17, 15) is 9.18 Å². The van der Waals surface area contributed by atoms with Crippen molar-refractivity contribution in [1.82, 2.24) is 4.90 Å². The van der Waals surface area contributed by atoms with Crippen LogP contribution in [0, 0.1) is 5.82 Å². The number of carboxylic acid groups (broad SMARTS) is 1. The van der Waals surface area contributed by atoms with E-state index in [4.69, 9.17) is 16.7 Å². The van der Waals surface area contributed by atoms with Crippen molar-refractivity contribution in [2.24, 2.45) is 0 Å². The van der Waals surface area contributed by atoms with Crippen molar-refractivity contribution in [3.8, 4) is 0 Å². The number of benzene rings is 1. The van der Waals surface area contributed by atoms with Gasteiger partial charge >= 0.3 is 5.97 Å². The number of hydrogen-bond donors (Lipinski definition) is 1. The molecule has 0 aliphatic carbocycles. The van der Waals surface area contributed by atoms with Crippen molar-refractivity contribution < 1.29 is 14.3 Å². The van der Waals surface area contributed by atoms with Gasteiger partial charge in [-0.1, -0.05) is 17.7 Å². The average Bonchev–Trinajstić information content (AvgIpc) is 2.18. The minimum Gasteiger partial charge on any atom is -0.480 e. The summed E-state index contributed by atoms with van der Waals surface area (Å²) in [5, 5.41) is 9.22. The minimum absolute atomic E-state index is 0.0861. The molecule has 0 amide bonds. The van der Waals surface area contributed by atoms with Gasteiger partial charge in [0.05, 0.1) is 6.54 Å². The fraction of sp³-hybridized carbons (Fsp3) is 0.462. The lowest BCUT2D eigenvalue weighted by Crippen LogP contribution is -2.43. The fourth-order valence-corrected chi connectivity index (χ4v) is 1.78. The summed E-state index contributed by atoms with van der Waals surface area (Å²) >= 11 is 5.95. The van der Waals surface area contributed by atoms with Crippen molar-refractivity contribution >= 4 is 17.6 Å². The maximum Gasteiger partial charge on any atom is 0.317 e. The van der Waals surface area contributed by atoms with Crippen molar-refractivity contribution in [2.45, 2.75) is 32.9 Å². The number of carboxylic acids is 1. The normalized spacial score (nSPS) is 11.9. The maximum atomic E-state index is 12.9. The highest BCUT2D eigenvalue weighted by atomic mass is 35.5. The molecule has 0 aromatic heterocycles. The number of aliphatic carboxylic acids is 1. The van der Waals surface area contributed by atoms with Crippen LogP contribution in [0.3, 0.4) is 0 Å². The van der Waals surface area contributed by atoms with Crippen LogP contribution in [0.1, 0.15) is 26.3 Å². The van der Waals surface area contributed by atoms with Gasteiger partial charge < -0.3 is 5.11 Å². The molecular formula is C13H17ClFNO2. The van der Waals surface area contributed by atoms with Crippen LogP contribution < -0.4 is 0 Å². The Morgan fingerprint density at radius 2 is 2.06 bits per heavy atom. The number of nitrogens with zero attached hydrogens (tertiary/aromatic N) is 1. The second-order valence-electron chi connectivity index (χ2n) is 5.16. The molecule has 0 aliphatic rings. The first-order chi connectivity index (χ1) is 8.20. The van der Waals surface area contributed by atoms with Crippen molar-refractivity contribution in [2.75, 3.05) is 6.54 Å². The minimum atomic E-state index is -0.900.